The van der Waals surface area contributed by atoms with Crippen LogP contribution in [-0.4, -0.2) is 56.5 Å². The van der Waals surface area contributed by atoms with Crippen molar-refractivity contribution in [3.63, 3.8) is 0 Å². The van der Waals surface area contributed by atoms with E-state index in [1.54, 1.807) is 7.11 Å². The Morgan fingerprint density at radius 3 is 2.65 bits per heavy atom. The number of methoxy groups -OCH3 is 1. The van der Waals surface area contributed by atoms with E-state index in [4.69, 9.17) is 30.5 Å². The molecule has 0 aromatic carbocycles. The average Bonchev–Trinajstić information content (AvgIpc) is 2.73. The third kappa shape index (κ3) is 2.92. The molecule has 1 N–H and O–H groups in total. The van der Waals surface area contributed by atoms with Crippen molar-refractivity contribution in [2.24, 2.45) is 0 Å². The predicted molar refractivity (Wildman–Crippen MR) is 63.1 cm³/mol. The second-order valence-electron chi connectivity index (χ2n) is 4.74. The third-order valence-corrected chi connectivity index (χ3v) is 3.15. The van der Waals surface area contributed by atoms with E-state index in [9.17, 15) is 0 Å². The molecule has 0 aromatic heterocycles. The Balaban J connectivity index is 1.95. The molecule has 2 fully saturated rings. The molecule has 0 amide bonds. The van der Waals surface area contributed by atoms with Gasteiger partial charge in [-0.25, -0.2) is 0 Å². The maximum absolute atomic E-state index is 5.85. The molecule has 0 aliphatic carbocycles. The van der Waals surface area contributed by atoms with Crippen molar-refractivity contribution < 1.29 is 18.9 Å². The van der Waals surface area contributed by atoms with Crippen molar-refractivity contribution in [2.45, 2.75) is 44.2 Å². The summed E-state index contributed by atoms with van der Waals surface area (Å²) in [5.41, 5.74) is 0. The summed E-state index contributed by atoms with van der Waals surface area (Å²) in [5, 5.41) is 3.21. The van der Waals surface area contributed by atoms with Crippen LogP contribution in [0.15, 0.2) is 0 Å². The number of fused-ring (bicyclic) bond motifs is 1. The highest BCUT2D eigenvalue weighted by atomic mass is 35.5. The molecule has 2 heterocycles. The van der Waals surface area contributed by atoms with Crippen LogP contribution in [0.2, 0.25) is 0 Å². The van der Waals surface area contributed by atoms with E-state index in [2.05, 4.69) is 5.32 Å². The summed E-state index contributed by atoms with van der Waals surface area (Å²) in [6, 6.07) is 0. The largest absolute Gasteiger partial charge is 0.353 e. The summed E-state index contributed by atoms with van der Waals surface area (Å²) in [7, 11) is 1.62. The molecular weight excluding hydrogens is 246 g/mol. The Labute approximate surface area is 107 Å². The van der Waals surface area contributed by atoms with E-state index in [0.29, 0.717) is 12.4 Å². The summed E-state index contributed by atoms with van der Waals surface area (Å²) in [6.45, 7) is 5.25. The molecule has 0 aromatic rings. The average molecular weight is 266 g/mol. The number of rotatable bonds is 5. The zero-order valence-electron chi connectivity index (χ0n) is 10.4. The van der Waals surface area contributed by atoms with Crippen LogP contribution in [0.3, 0.4) is 0 Å². The van der Waals surface area contributed by atoms with Gasteiger partial charge in [-0.1, -0.05) is 0 Å². The molecule has 0 spiro atoms. The highest BCUT2D eigenvalue weighted by molar-refractivity contribution is 6.18. The fourth-order valence-corrected chi connectivity index (χ4v) is 2.44. The van der Waals surface area contributed by atoms with Gasteiger partial charge in [-0.05, 0) is 13.8 Å². The first-order chi connectivity index (χ1) is 8.07. The van der Waals surface area contributed by atoms with Crippen LogP contribution in [0.5, 0.6) is 0 Å². The molecule has 0 saturated carbocycles. The maximum Gasteiger partial charge on any atom is 0.186 e. The van der Waals surface area contributed by atoms with Crippen molar-refractivity contribution >= 4 is 11.6 Å². The molecule has 2 rings (SSSR count). The molecule has 2 aliphatic rings. The molecule has 0 unspecified atom stereocenters. The molecule has 6 heteroatoms. The summed E-state index contributed by atoms with van der Waals surface area (Å²) < 4.78 is 22.6. The molecular formula is C11H20ClNO4. The quantitative estimate of drug-likeness (QED) is 0.586. The Kier molecular flexibility index (Phi) is 4.28. The van der Waals surface area contributed by atoms with Crippen LogP contribution in [0.4, 0.5) is 0 Å². The minimum Gasteiger partial charge on any atom is -0.353 e. The summed E-state index contributed by atoms with van der Waals surface area (Å²) in [6.07, 6.45) is -0.657. The lowest BCUT2D eigenvalue weighted by molar-refractivity contribution is -0.226. The van der Waals surface area contributed by atoms with Gasteiger partial charge < -0.3 is 24.3 Å². The van der Waals surface area contributed by atoms with Crippen molar-refractivity contribution in [3.05, 3.63) is 0 Å². The van der Waals surface area contributed by atoms with Gasteiger partial charge in [0.2, 0.25) is 0 Å². The smallest absolute Gasteiger partial charge is 0.186 e. The molecule has 0 bridgehead atoms. The highest BCUT2D eigenvalue weighted by Crippen LogP contribution is 2.38. The van der Waals surface area contributed by atoms with Gasteiger partial charge in [0, 0.05) is 26.1 Å². The fraction of sp³-hybridized carbons (Fsp3) is 1.00. The topological polar surface area (TPSA) is 49.0 Å². The first-order valence-electron chi connectivity index (χ1n) is 5.88. The molecule has 5 nitrogen and oxygen atoms in total. The van der Waals surface area contributed by atoms with E-state index < -0.39 is 5.79 Å². The van der Waals surface area contributed by atoms with E-state index in [0.717, 1.165) is 6.54 Å². The molecule has 100 valence electrons. The fourth-order valence-electron chi connectivity index (χ4n) is 2.31. The SMILES string of the molecule is CO[C@H]1O[C@H](CNCCCl)[C@@H]2OC(C)(C)O[C@@H]12. The molecule has 4 atom stereocenters. The summed E-state index contributed by atoms with van der Waals surface area (Å²) >= 11 is 5.62. The van der Waals surface area contributed by atoms with Crippen molar-refractivity contribution in [1.29, 1.82) is 0 Å². The van der Waals surface area contributed by atoms with Crippen LogP contribution >= 0.6 is 11.6 Å². The number of nitrogens with one attached hydrogen (secondary N) is 1. The Hall–Kier alpha value is 0.0900. The van der Waals surface area contributed by atoms with Gasteiger partial charge in [-0.3, -0.25) is 0 Å². The Morgan fingerprint density at radius 1 is 1.29 bits per heavy atom. The van der Waals surface area contributed by atoms with Gasteiger partial charge in [0.1, 0.15) is 18.3 Å². The van der Waals surface area contributed by atoms with Gasteiger partial charge in [0.25, 0.3) is 0 Å². The number of ether oxygens (including phenoxy) is 4. The van der Waals surface area contributed by atoms with E-state index >= 15 is 0 Å². The van der Waals surface area contributed by atoms with Crippen molar-refractivity contribution in [1.82, 2.24) is 5.32 Å². The minimum atomic E-state index is -0.569. The summed E-state index contributed by atoms with van der Waals surface area (Å²) in [5.74, 6) is 0.0119. The standard InChI is InChI=1S/C11H20ClNO4/c1-11(2)16-8-7(6-13-5-4-12)15-10(14-3)9(8)17-11/h7-10,13H,4-6H2,1-3H3/t7-,8+,9-,10+/m1/s1. The van der Waals surface area contributed by atoms with Crippen LogP contribution in [-0.2, 0) is 18.9 Å². The monoisotopic (exact) mass is 265 g/mol. The molecule has 0 radical (unpaired) electrons. The normalized spacial score (nSPS) is 39.5. The highest BCUT2D eigenvalue weighted by Gasteiger charge is 2.55. The lowest BCUT2D eigenvalue weighted by Crippen LogP contribution is -2.38. The predicted octanol–water partition coefficient (Wildman–Crippen LogP) is 0.706. The zero-order chi connectivity index (χ0) is 12.5. The van der Waals surface area contributed by atoms with Crippen LogP contribution in [0, 0.1) is 0 Å². The number of hydrogen-bond donors (Lipinski definition) is 1. The summed E-state index contributed by atoms with van der Waals surface area (Å²) in [4.78, 5) is 0. The maximum atomic E-state index is 5.85. The Morgan fingerprint density at radius 2 is 2.00 bits per heavy atom. The number of alkyl halides is 1. The lowest BCUT2D eigenvalue weighted by Gasteiger charge is -2.23. The third-order valence-electron chi connectivity index (χ3n) is 2.96. The van der Waals surface area contributed by atoms with Crippen molar-refractivity contribution in [3.8, 4) is 0 Å². The second-order valence-corrected chi connectivity index (χ2v) is 5.11. The first-order valence-corrected chi connectivity index (χ1v) is 6.41. The second kappa shape index (κ2) is 5.38. The van der Waals surface area contributed by atoms with Gasteiger partial charge >= 0.3 is 0 Å². The Bertz CT molecular complexity index is 264. The van der Waals surface area contributed by atoms with Gasteiger partial charge in [0.05, 0.1) is 0 Å². The van der Waals surface area contributed by atoms with Crippen molar-refractivity contribution in [2.75, 3.05) is 26.1 Å². The lowest BCUT2D eigenvalue weighted by atomic mass is 10.1. The van der Waals surface area contributed by atoms with E-state index in [1.807, 2.05) is 13.8 Å². The number of halogens is 1. The first kappa shape index (κ1) is 13.5. The van der Waals surface area contributed by atoms with Crippen LogP contribution in [0.1, 0.15) is 13.8 Å². The number of hydrogen-bond acceptors (Lipinski definition) is 5. The van der Waals surface area contributed by atoms with Crippen LogP contribution in [0.25, 0.3) is 0 Å². The van der Waals surface area contributed by atoms with Gasteiger partial charge in [-0.2, -0.15) is 0 Å². The van der Waals surface area contributed by atoms with Crippen LogP contribution < -0.4 is 5.32 Å². The molecule has 2 aliphatic heterocycles. The zero-order valence-corrected chi connectivity index (χ0v) is 11.2. The molecule has 2 saturated heterocycles. The van der Waals surface area contributed by atoms with E-state index in [1.165, 1.54) is 0 Å². The van der Waals surface area contributed by atoms with Gasteiger partial charge in [0.15, 0.2) is 12.1 Å². The van der Waals surface area contributed by atoms with Gasteiger partial charge in [-0.15, -0.1) is 11.6 Å². The minimum absolute atomic E-state index is 0.0602. The van der Waals surface area contributed by atoms with E-state index in [-0.39, 0.29) is 24.6 Å². The molecule has 17 heavy (non-hydrogen) atoms.